The zero-order chi connectivity index (χ0) is 14.0. The van der Waals surface area contributed by atoms with Gasteiger partial charge in [-0.05, 0) is 19.1 Å². The molecule has 0 atom stereocenters. The van der Waals surface area contributed by atoms with Gasteiger partial charge < -0.3 is 10.1 Å². The first-order chi connectivity index (χ1) is 8.97. The van der Waals surface area contributed by atoms with E-state index in [2.05, 4.69) is 9.97 Å². The summed E-state index contributed by atoms with van der Waals surface area (Å²) in [6.07, 6.45) is 0.125. The van der Waals surface area contributed by atoms with Gasteiger partial charge >= 0.3 is 5.97 Å². The summed E-state index contributed by atoms with van der Waals surface area (Å²) in [5.41, 5.74) is 1.02. The number of carboxylic acids is 1. The highest BCUT2D eigenvalue weighted by molar-refractivity contribution is 5.68. The molecule has 6 heteroatoms. The smallest absolute Gasteiger partial charge is 0.303 e. The summed E-state index contributed by atoms with van der Waals surface area (Å²) < 4.78 is 26.6. The van der Waals surface area contributed by atoms with E-state index in [4.69, 9.17) is 5.11 Å². The molecule has 0 saturated heterocycles. The number of nitrogens with one attached hydrogen (secondary N) is 1. The first-order valence-corrected chi connectivity index (χ1v) is 5.70. The van der Waals surface area contributed by atoms with Gasteiger partial charge in [-0.25, -0.2) is 13.8 Å². The van der Waals surface area contributed by atoms with Gasteiger partial charge in [-0.2, -0.15) is 0 Å². The van der Waals surface area contributed by atoms with Crippen molar-refractivity contribution >= 4 is 5.97 Å². The summed E-state index contributed by atoms with van der Waals surface area (Å²) in [6.45, 7) is 1.69. The summed E-state index contributed by atoms with van der Waals surface area (Å²) in [5, 5.41) is 8.68. The second-order valence-electron chi connectivity index (χ2n) is 4.17. The molecule has 2 aromatic rings. The molecule has 0 bridgehead atoms. The van der Waals surface area contributed by atoms with E-state index in [1.165, 1.54) is 6.07 Å². The second kappa shape index (κ2) is 5.17. The summed E-state index contributed by atoms with van der Waals surface area (Å²) in [6, 6.07) is 3.22. The first-order valence-electron chi connectivity index (χ1n) is 5.70. The van der Waals surface area contributed by atoms with Crippen LogP contribution in [0.15, 0.2) is 18.2 Å². The van der Waals surface area contributed by atoms with Gasteiger partial charge in [-0.15, -0.1) is 0 Å². The van der Waals surface area contributed by atoms with Crippen molar-refractivity contribution in [3.05, 3.63) is 41.4 Å². The molecule has 19 heavy (non-hydrogen) atoms. The zero-order valence-corrected chi connectivity index (χ0v) is 10.2. The molecule has 1 aromatic carbocycles. The molecule has 0 fully saturated rings. The van der Waals surface area contributed by atoms with E-state index >= 15 is 0 Å². The Kier molecular flexibility index (Phi) is 3.59. The number of aromatic amines is 1. The predicted octanol–water partition coefficient (Wildman–Crippen LogP) is 2.68. The van der Waals surface area contributed by atoms with Crippen molar-refractivity contribution in [2.24, 2.45) is 0 Å². The Labute approximate surface area is 108 Å². The third-order valence-corrected chi connectivity index (χ3v) is 2.67. The minimum atomic E-state index is -0.946. The average molecular weight is 266 g/mol. The minimum absolute atomic E-state index is 0.0859. The third kappa shape index (κ3) is 2.96. The number of benzene rings is 1. The van der Waals surface area contributed by atoms with Crippen molar-refractivity contribution in [1.29, 1.82) is 0 Å². The number of rotatable bonds is 4. The molecule has 2 rings (SSSR count). The highest BCUT2D eigenvalue weighted by Gasteiger charge is 2.15. The van der Waals surface area contributed by atoms with Gasteiger partial charge in [0.05, 0.1) is 12.1 Å². The molecule has 0 spiro atoms. The number of H-pyrrole nitrogens is 1. The van der Waals surface area contributed by atoms with Gasteiger partial charge in [0, 0.05) is 23.7 Å². The van der Waals surface area contributed by atoms with E-state index in [1.54, 1.807) is 6.92 Å². The normalized spacial score (nSPS) is 10.7. The number of carbonyl (C=O) groups is 1. The van der Waals surface area contributed by atoms with Gasteiger partial charge in [0.2, 0.25) is 0 Å². The number of hydrogen-bond donors (Lipinski definition) is 2. The average Bonchev–Trinajstić information content (AvgIpc) is 2.67. The minimum Gasteiger partial charge on any atom is -0.481 e. The molecule has 0 aliphatic heterocycles. The van der Waals surface area contributed by atoms with Crippen LogP contribution in [0.1, 0.15) is 17.9 Å². The molecule has 1 heterocycles. The second-order valence-corrected chi connectivity index (χ2v) is 4.17. The Hall–Kier alpha value is -2.24. The molecule has 1 aromatic heterocycles. The van der Waals surface area contributed by atoms with E-state index in [0.717, 1.165) is 12.1 Å². The number of aryl methyl sites for hydroxylation is 2. The molecule has 0 aliphatic rings. The fourth-order valence-corrected chi connectivity index (χ4v) is 1.86. The molecular weight excluding hydrogens is 254 g/mol. The van der Waals surface area contributed by atoms with Crippen LogP contribution in [0.25, 0.3) is 11.3 Å². The molecule has 2 N–H and O–H groups in total. The molecule has 100 valence electrons. The Balaban J connectivity index is 2.40. The van der Waals surface area contributed by atoms with Crippen molar-refractivity contribution in [1.82, 2.24) is 9.97 Å². The number of aliphatic carboxylic acids is 1. The van der Waals surface area contributed by atoms with Crippen molar-refractivity contribution in [3.63, 3.8) is 0 Å². The summed E-state index contributed by atoms with van der Waals surface area (Å²) in [7, 11) is 0. The topological polar surface area (TPSA) is 66.0 Å². The van der Waals surface area contributed by atoms with E-state index < -0.39 is 17.6 Å². The van der Waals surface area contributed by atoms with Crippen LogP contribution in [-0.2, 0) is 11.2 Å². The predicted molar refractivity (Wildman–Crippen MR) is 64.6 cm³/mol. The molecule has 0 unspecified atom stereocenters. The van der Waals surface area contributed by atoms with Gasteiger partial charge in [0.15, 0.2) is 0 Å². The standard InChI is InChI=1S/C13H12F2N2O2/c1-7-16-11(4-5-12(18)19)13(17-7)9-3-2-8(14)6-10(9)15/h2-3,6H,4-5H2,1H3,(H,16,17)(H,18,19). The fourth-order valence-electron chi connectivity index (χ4n) is 1.86. The maximum atomic E-state index is 13.7. The zero-order valence-electron chi connectivity index (χ0n) is 10.2. The van der Waals surface area contributed by atoms with Crippen molar-refractivity contribution in [3.8, 4) is 11.3 Å². The molecule has 0 radical (unpaired) electrons. The Morgan fingerprint density at radius 1 is 1.42 bits per heavy atom. The lowest BCUT2D eigenvalue weighted by Gasteiger charge is -2.03. The lowest BCUT2D eigenvalue weighted by Crippen LogP contribution is -1.99. The van der Waals surface area contributed by atoms with Crippen LogP contribution in [0.5, 0.6) is 0 Å². The number of carboxylic acid groups (broad SMARTS) is 1. The molecule has 0 saturated carbocycles. The first kappa shape index (κ1) is 13.2. The highest BCUT2D eigenvalue weighted by Crippen LogP contribution is 2.26. The van der Waals surface area contributed by atoms with Crippen LogP contribution in [0.3, 0.4) is 0 Å². The number of hydrogen-bond acceptors (Lipinski definition) is 2. The van der Waals surface area contributed by atoms with E-state index in [1.807, 2.05) is 0 Å². The van der Waals surface area contributed by atoms with Gasteiger partial charge in [-0.3, -0.25) is 4.79 Å². The molecular formula is C13H12F2N2O2. The van der Waals surface area contributed by atoms with Crippen LogP contribution in [0.4, 0.5) is 8.78 Å². The van der Waals surface area contributed by atoms with Crippen LogP contribution in [-0.4, -0.2) is 21.0 Å². The summed E-state index contributed by atoms with van der Waals surface area (Å²) in [5.74, 6) is -1.78. The number of nitrogens with zero attached hydrogens (tertiary/aromatic N) is 1. The van der Waals surface area contributed by atoms with E-state index in [0.29, 0.717) is 17.2 Å². The quantitative estimate of drug-likeness (QED) is 0.894. The summed E-state index contributed by atoms with van der Waals surface area (Å²) in [4.78, 5) is 17.6. The van der Waals surface area contributed by atoms with Crippen molar-refractivity contribution < 1.29 is 18.7 Å². The molecule has 0 aliphatic carbocycles. The Bertz CT molecular complexity index is 623. The number of imidazole rings is 1. The van der Waals surface area contributed by atoms with Gasteiger partial charge in [-0.1, -0.05) is 0 Å². The largest absolute Gasteiger partial charge is 0.481 e. The van der Waals surface area contributed by atoms with Crippen LogP contribution in [0.2, 0.25) is 0 Å². The SMILES string of the molecule is Cc1nc(-c2ccc(F)cc2F)c(CCC(=O)O)[nH]1. The third-order valence-electron chi connectivity index (χ3n) is 2.67. The maximum absolute atomic E-state index is 13.7. The van der Waals surface area contributed by atoms with Crippen LogP contribution >= 0.6 is 0 Å². The fraction of sp³-hybridized carbons (Fsp3) is 0.231. The van der Waals surface area contributed by atoms with Crippen LogP contribution in [0, 0.1) is 18.6 Å². The monoisotopic (exact) mass is 266 g/mol. The van der Waals surface area contributed by atoms with Gasteiger partial charge in [0.1, 0.15) is 17.5 Å². The number of aromatic nitrogens is 2. The van der Waals surface area contributed by atoms with Crippen LogP contribution < -0.4 is 0 Å². The lowest BCUT2D eigenvalue weighted by atomic mass is 10.1. The molecule has 4 nitrogen and oxygen atoms in total. The molecule has 0 amide bonds. The van der Waals surface area contributed by atoms with E-state index in [9.17, 15) is 13.6 Å². The summed E-state index contributed by atoms with van der Waals surface area (Å²) >= 11 is 0. The number of halogens is 2. The van der Waals surface area contributed by atoms with Crippen molar-refractivity contribution in [2.75, 3.05) is 0 Å². The Morgan fingerprint density at radius 3 is 2.79 bits per heavy atom. The lowest BCUT2D eigenvalue weighted by molar-refractivity contribution is -0.136. The van der Waals surface area contributed by atoms with E-state index in [-0.39, 0.29) is 18.4 Å². The Morgan fingerprint density at radius 2 is 2.16 bits per heavy atom. The highest BCUT2D eigenvalue weighted by atomic mass is 19.1. The van der Waals surface area contributed by atoms with Gasteiger partial charge in [0.25, 0.3) is 0 Å². The maximum Gasteiger partial charge on any atom is 0.303 e. The van der Waals surface area contributed by atoms with Crippen molar-refractivity contribution in [2.45, 2.75) is 19.8 Å².